The molecule has 0 fully saturated rings. The van der Waals surface area contributed by atoms with Gasteiger partial charge in [0.25, 0.3) is 0 Å². The Kier molecular flexibility index (Phi) is 4.74. The number of hydrogen-bond donors (Lipinski definition) is 0. The first-order valence-corrected chi connectivity index (χ1v) is 6.87. The van der Waals surface area contributed by atoms with E-state index in [1.54, 1.807) is 6.92 Å². The Morgan fingerprint density at radius 2 is 1.90 bits per heavy atom. The number of hydrogen-bond acceptors (Lipinski definition) is 3. The number of carbonyl (C=O) groups is 2. The molecular weight excluding hydrogens is 276 g/mol. The maximum Gasteiger partial charge on any atom is 0.374 e. The number of ether oxygens (including phenoxy) is 1. The monoisotopic (exact) mass is 290 g/mol. The van der Waals surface area contributed by atoms with Crippen molar-refractivity contribution in [2.75, 3.05) is 6.61 Å². The summed E-state index contributed by atoms with van der Waals surface area (Å²) in [6.07, 6.45) is 0.540. The van der Waals surface area contributed by atoms with Crippen LogP contribution in [0.3, 0.4) is 0 Å². The molecule has 2 aromatic carbocycles. The van der Waals surface area contributed by atoms with Crippen molar-refractivity contribution in [3.05, 3.63) is 47.0 Å². The van der Waals surface area contributed by atoms with Crippen LogP contribution in [0.15, 0.2) is 36.4 Å². The van der Waals surface area contributed by atoms with E-state index < -0.39 is 11.8 Å². The zero-order valence-electron chi connectivity index (χ0n) is 11.2. The van der Waals surface area contributed by atoms with E-state index in [2.05, 4.69) is 4.74 Å². The van der Waals surface area contributed by atoms with E-state index in [1.807, 2.05) is 36.4 Å². The minimum absolute atomic E-state index is 0.108. The quantitative estimate of drug-likeness (QED) is 0.625. The molecular formula is C16H15ClO3. The van der Waals surface area contributed by atoms with E-state index >= 15 is 0 Å². The van der Waals surface area contributed by atoms with E-state index in [1.165, 1.54) is 0 Å². The average Bonchev–Trinajstić information content (AvgIpc) is 2.47. The van der Waals surface area contributed by atoms with Crippen molar-refractivity contribution in [1.29, 1.82) is 0 Å². The second-order valence-electron chi connectivity index (χ2n) is 4.40. The predicted octanol–water partition coefficient (Wildman–Crippen LogP) is 3.56. The van der Waals surface area contributed by atoms with Crippen LogP contribution in [-0.4, -0.2) is 18.4 Å². The predicted molar refractivity (Wildman–Crippen MR) is 78.9 cm³/mol. The molecule has 4 heteroatoms. The van der Waals surface area contributed by atoms with Crippen molar-refractivity contribution in [2.45, 2.75) is 19.8 Å². The molecule has 0 atom stereocenters. The molecule has 0 saturated heterocycles. The lowest BCUT2D eigenvalue weighted by Gasteiger charge is -2.07. The molecule has 104 valence electrons. The van der Waals surface area contributed by atoms with Gasteiger partial charge in [-0.2, -0.15) is 0 Å². The molecule has 0 radical (unpaired) electrons. The van der Waals surface area contributed by atoms with Crippen LogP contribution < -0.4 is 0 Å². The van der Waals surface area contributed by atoms with Crippen LogP contribution in [0.1, 0.15) is 18.9 Å². The van der Waals surface area contributed by atoms with Gasteiger partial charge in [-0.1, -0.05) is 48.0 Å². The summed E-state index contributed by atoms with van der Waals surface area (Å²) in [6.45, 7) is 1.88. The largest absolute Gasteiger partial charge is 0.460 e. The number of aryl methyl sites for hydroxylation is 1. The second kappa shape index (κ2) is 6.53. The normalized spacial score (nSPS) is 10.5. The molecule has 0 N–H and O–H groups in total. The lowest BCUT2D eigenvalue weighted by atomic mass is 10.0. The summed E-state index contributed by atoms with van der Waals surface area (Å²) in [6, 6.07) is 11.6. The molecule has 0 aromatic heterocycles. The zero-order chi connectivity index (χ0) is 14.5. The highest BCUT2D eigenvalue weighted by molar-refractivity contribution is 6.36. The van der Waals surface area contributed by atoms with E-state index in [4.69, 9.17) is 11.6 Å². The van der Waals surface area contributed by atoms with Crippen molar-refractivity contribution >= 4 is 34.1 Å². The molecule has 0 aliphatic carbocycles. The number of fused-ring (bicyclic) bond motifs is 1. The molecule has 2 aromatic rings. The van der Waals surface area contributed by atoms with Gasteiger partial charge in [-0.05, 0) is 24.3 Å². The number of rotatable bonds is 5. The smallest absolute Gasteiger partial charge is 0.374 e. The first kappa shape index (κ1) is 14.5. The van der Waals surface area contributed by atoms with Crippen LogP contribution in [-0.2, 0) is 20.7 Å². The summed E-state index contributed by atoms with van der Waals surface area (Å²) >= 11 is 6.34. The van der Waals surface area contributed by atoms with Gasteiger partial charge in [0.2, 0.25) is 5.78 Å². The zero-order valence-corrected chi connectivity index (χ0v) is 11.9. The Labute approximate surface area is 122 Å². The summed E-state index contributed by atoms with van der Waals surface area (Å²) in [4.78, 5) is 22.8. The molecule has 0 aliphatic heterocycles. The van der Waals surface area contributed by atoms with E-state index in [0.717, 1.165) is 16.3 Å². The molecule has 0 heterocycles. The number of Topliss-reactive ketones (excluding diaryl/α,β-unsaturated/α-hetero) is 1. The summed E-state index contributed by atoms with van der Waals surface area (Å²) in [5.74, 6) is -1.29. The summed E-state index contributed by atoms with van der Waals surface area (Å²) in [5.41, 5.74) is 0.864. The van der Waals surface area contributed by atoms with Gasteiger partial charge in [-0.3, -0.25) is 4.79 Å². The van der Waals surface area contributed by atoms with Crippen molar-refractivity contribution in [2.24, 2.45) is 0 Å². The van der Waals surface area contributed by atoms with Gasteiger partial charge < -0.3 is 4.74 Å². The molecule has 3 nitrogen and oxygen atoms in total. The Bertz CT molecular complexity index is 649. The van der Waals surface area contributed by atoms with Gasteiger partial charge >= 0.3 is 5.97 Å². The fourth-order valence-corrected chi connectivity index (χ4v) is 2.36. The van der Waals surface area contributed by atoms with Crippen LogP contribution in [0.5, 0.6) is 0 Å². The SMILES string of the molecule is CCOC(=O)C(=O)CCc1ccc2ccccc2c1Cl. The summed E-state index contributed by atoms with van der Waals surface area (Å²) in [5, 5.41) is 2.65. The van der Waals surface area contributed by atoms with E-state index in [0.29, 0.717) is 11.4 Å². The Morgan fingerprint density at radius 1 is 1.15 bits per heavy atom. The van der Waals surface area contributed by atoms with Crippen molar-refractivity contribution in [1.82, 2.24) is 0 Å². The molecule has 20 heavy (non-hydrogen) atoms. The number of halogens is 1. The molecule has 0 bridgehead atoms. The van der Waals surface area contributed by atoms with Crippen LogP contribution >= 0.6 is 11.6 Å². The average molecular weight is 291 g/mol. The van der Waals surface area contributed by atoms with Crippen molar-refractivity contribution < 1.29 is 14.3 Å². The van der Waals surface area contributed by atoms with Crippen LogP contribution in [0.2, 0.25) is 5.02 Å². The Morgan fingerprint density at radius 3 is 2.65 bits per heavy atom. The number of carbonyl (C=O) groups excluding carboxylic acids is 2. The van der Waals surface area contributed by atoms with Crippen LogP contribution in [0.4, 0.5) is 0 Å². The highest BCUT2D eigenvalue weighted by Crippen LogP contribution is 2.28. The van der Waals surface area contributed by atoms with Gasteiger partial charge in [0, 0.05) is 11.8 Å². The van der Waals surface area contributed by atoms with Crippen molar-refractivity contribution in [3.63, 3.8) is 0 Å². The second-order valence-corrected chi connectivity index (χ2v) is 4.78. The first-order valence-electron chi connectivity index (χ1n) is 6.49. The maximum absolute atomic E-state index is 11.6. The minimum Gasteiger partial charge on any atom is -0.460 e. The van der Waals surface area contributed by atoms with Crippen LogP contribution in [0.25, 0.3) is 10.8 Å². The van der Waals surface area contributed by atoms with Gasteiger partial charge in [0.15, 0.2) is 0 Å². The lowest BCUT2D eigenvalue weighted by Crippen LogP contribution is -2.17. The van der Waals surface area contributed by atoms with E-state index in [-0.39, 0.29) is 13.0 Å². The standard InChI is InChI=1S/C16H15ClO3/c1-2-20-16(19)14(18)10-9-12-8-7-11-5-3-4-6-13(11)15(12)17/h3-8H,2,9-10H2,1H3. The van der Waals surface area contributed by atoms with Gasteiger partial charge in [-0.25, -0.2) is 4.79 Å². The van der Waals surface area contributed by atoms with Gasteiger partial charge in [0.05, 0.1) is 11.6 Å². The number of ketones is 1. The molecule has 0 amide bonds. The van der Waals surface area contributed by atoms with E-state index in [9.17, 15) is 9.59 Å². The Hall–Kier alpha value is -1.87. The van der Waals surface area contributed by atoms with Crippen molar-refractivity contribution in [3.8, 4) is 0 Å². The molecule has 0 unspecified atom stereocenters. The topological polar surface area (TPSA) is 43.4 Å². The third-order valence-electron chi connectivity index (χ3n) is 3.07. The number of esters is 1. The van der Waals surface area contributed by atoms with Crippen LogP contribution in [0, 0.1) is 0 Å². The molecule has 2 rings (SSSR count). The minimum atomic E-state index is -0.774. The summed E-state index contributed by atoms with van der Waals surface area (Å²) < 4.78 is 4.67. The summed E-state index contributed by atoms with van der Waals surface area (Å²) in [7, 11) is 0. The first-order chi connectivity index (χ1) is 9.63. The fraction of sp³-hybridized carbons (Fsp3) is 0.250. The molecule has 0 saturated carbocycles. The third kappa shape index (κ3) is 3.17. The molecule has 0 spiro atoms. The maximum atomic E-state index is 11.6. The third-order valence-corrected chi connectivity index (χ3v) is 3.51. The fourth-order valence-electron chi connectivity index (χ4n) is 2.03. The van der Waals surface area contributed by atoms with Gasteiger partial charge in [0.1, 0.15) is 0 Å². The van der Waals surface area contributed by atoms with Gasteiger partial charge in [-0.15, -0.1) is 0 Å². The highest BCUT2D eigenvalue weighted by Gasteiger charge is 2.15. The Balaban J connectivity index is 2.12. The number of benzene rings is 2. The molecule has 0 aliphatic rings. The lowest BCUT2D eigenvalue weighted by molar-refractivity contribution is -0.153. The highest BCUT2D eigenvalue weighted by atomic mass is 35.5.